The molecule has 64 valence electrons. The molecule has 2 rings (SSSR count). The summed E-state index contributed by atoms with van der Waals surface area (Å²) < 4.78 is 5.35. The summed E-state index contributed by atoms with van der Waals surface area (Å²) in [6, 6.07) is 0. The van der Waals surface area contributed by atoms with E-state index in [1.807, 2.05) is 12.1 Å². The molecule has 1 aliphatic rings. The van der Waals surface area contributed by atoms with E-state index in [-0.39, 0.29) is 0 Å². The van der Waals surface area contributed by atoms with E-state index in [0.717, 1.165) is 18.1 Å². The van der Waals surface area contributed by atoms with Crippen LogP contribution in [0.5, 0.6) is 5.75 Å². The van der Waals surface area contributed by atoms with E-state index in [0.29, 0.717) is 6.61 Å². The molecule has 0 aliphatic carbocycles. The zero-order valence-corrected chi connectivity index (χ0v) is 6.82. The van der Waals surface area contributed by atoms with E-state index in [2.05, 4.69) is 15.4 Å². The molecule has 0 bridgehead atoms. The molecule has 1 N–H and O–H groups in total. The van der Waals surface area contributed by atoms with E-state index >= 15 is 0 Å². The molecule has 0 unspecified atom stereocenters. The molecule has 2 heterocycles. The first-order valence-corrected chi connectivity index (χ1v) is 3.79. The highest BCUT2D eigenvalue weighted by molar-refractivity contribution is 5.50. The van der Waals surface area contributed by atoms with Gasteiger partial charge in [0.1, 0.15) is 12.9 Å². The Morgan fingerprint density at radius 3 is 3.42 bits per heavy atom. The van der Waals surface area contributed by atoms with E-state index in [4.69, 9.17) is 4.74 Å². The average Bonchev–Trinajstić information content (AvgIpc) is 2.17. The lowest BCUT2D eigenvalue weighted by Crippen LogP contribution is -2.41. The minimum absolute atomic E-state index is 0.668. The molecular formula is C7H10N4O. The molecule has 0 fully saturated rings. The van der Waals surface area contributed by atoms with Gasteiger partial charge in [-0.3, -0.25) is 5.01 Å². The van der Waals surface area contributed by atoms with Gasteiger partial charge in [0.15, 0.2) is 11.6 Å². The van der Waals surface area contributed by atoms with E-state index in [9.17, 15) is 0 Å². The maximum atomic E-state index is 5.35. The van der Waals surface area contributed by atoms with Gasteiger partial charge in [-0.1, -0.05) is 0 Å². The van der Waals surface area contributed by atoms with Crippen LogP contribution in [0.2, 0.25) is 0 Å². The SMILES string of the molecule is CNN1CCOc2cncnc21. The summed E-state index contributed by atoms with van der Waals surface area (Å²) in [5.41, 5.74) is 3.02. The summed E-state index contributed by atoms with van der Waals surface area (Å²) in [7, 11) is 1.86. The third kappa shape index (κ3) is 1.08. The van der Waals surface area contributed by atoms with Crippen molar-refractivity contribution in [3.63, 3.8) is 0 Å². The lowest BCUT2D eigenvalue weighted by Gasteiger charge is -2.28. The first-order chi connectivity index (χ1) is 5.92. The predicted molar refractivity (Wildman–Crippen MR) is 43.9 cm³/mol. The monoisotopic (exact) mass is 166 g/mol. The maximum absolute atomic E-state index is 5.35. The number of hydrazine groups is 1. The van der Waals surface area contributed by atoms with Crippen LogP contribution in [0.3, 0.4) is 0 Å². The number of anilines is 1. The van der Waals surface area contributed by atoms with Crippen molar-refractivity contribution in [2.45, 2.75) is 0 Å². The molecule has 5 nitrogen and oxygen atoms in total. The molecule has 5 heteroatoms. The first-order valence-electron chi connectivity index (χ1n) is 3.79. The van der Waals surface area contributed by atoms with E-state index in [1.54, 1.807) is 6.20 Å². The quantitative estimate of drug-likeness (QED) is 0.626. The summed E-state index contributed by atoms with van der Waals surface area (Å²) in [6.07, 6.45) is 3.18. The Balaban J connectivity index is 2.37. The molecule has 12 heavy (non-hydrogen) atoms. The number of aromatic nitrogens is 2. The fourth-order valence-corrected chi connectivity index (χ4v) is 1.19. The fourth-order valence-electron chi connectivity index (χ4n) is 1.19. The number of rotatable bonds is 1. The third-order valence-electron chi connectivity index (χ3n) is 1.76. The number of nitrogens with zero attached hydrogens (tertiary/aromatic N) is 3. The van der Waals surface area contributed by atoms with Gasteiger partial charge in [-0.2, -0.15) is 0 Å². The highest BCUT2D eigenvalue weighted by Crippen LogP contribution is 2.25. The van der Waals surface area contributed by atoms with Gasteiger partial charge in [0.05, 0.1) is 12.7 Å². The maximum Gasteiger partial charge on any atom is 0.189 e. The number of nitrogens with one attached hydrogen (secondary N) is 1. The standard InChI is InChI=1S/C7H10N4O/c1-8-11-2-3-12-6-4-9-5-10-7(6)11/h4-5,8H,2-3H2,1H3. The highest BCUT2D eigenvalue weighted by Gasteiger charge is 2.17. The summed E-state index contributed by atoms with van der Waals surface area (Å²) in [5.74, 6) is 1.54. The molecule has 0 atom stereocenters. The van der Waals surface area contributed by atoms with Crippen LogP contribution in [0.15, 0.2) is 12.5 Å². The van der Waals surface area contributed by atoms with Crippen molar-refractivity contribution in [2.24, 2.45) is 0 Å². The van der Waals surface area contributed by atoms with Crippen LogP contribution in [0.1, 0.15) is 0 Å². The molecule has 0 saturated carbocycles. The summed E-state index contributed by atoms with van der Waals surface area (Å²) in [4.78, 5) is 7.98. The van der Waals surface area contributed by atoms with E-state index < -0.39 is 0 Å². The largest absolute Gasteiger partial charge is 0.486 e. The molecule has 0 spiro atoms. The number of hydrogen-bond donors (Lipinski definition) is 1. The molecule has 0 radical (unpaired) electrons. The number of hydrogen-bond acceptors (Lipinski definition) is 5. The number of fused-ring (bicyclic) bond motifs is 1. The minimum Gasteiger partial charge on any atom is -0.486 e. The zero-order chi connectivity index (χ0) is 8.39. The van der Waals surface area contributed by atoms with Crippen molar-refractivity contribution < 1.29 is 4.74 Å². The minimum atomic E-state index is 0.668. The summed E-state index contributed by atoms with van der Waals surface area (Å²) in [6.45, 7) is 1.47. The molecule has 0 amide bonds. The van der Waals surface area contributed by atoms with Crippen LogP contribution in [-0.2, 0) is 0 Å². The van der Waals surface area contributed by atoms with Crippen molar-refractivity contribution in [1.82, 2.24) is 15.4 Å². The van der Waals surface area contributed by atoms with Crippen molar-refractivity contribution in [3.05, 3.63) is 12.5 Å². The molecule has 1 aromatic heterocycles. The lowest BCUT2D eigenvalue weighted by molar-refractivity contribution is 0.297. The Labute approximate surface area is 70.4 Å². The van der Waals surface area contributed by atoms with Crippen LogP contribution in [0, 0.1) is 0 Å². The fraction of sp³-hybridized carbons (Fsp3) is 0.429. The average molecular weight is 166 g/mol. The van der Waals surface area contributed by atoms with Crippen molar-refractivity contribution >= 4 is 5.82 Å². The molecule has 0 saturated heterocycles. The molecule has 1 aromatic rings. The summed E-state index contributed by atoms with van der Waals surface area (Å²) in [5, 5.41) is 1.93. The molecule has 1 aliphatic heterocycles. The van der Waals surface area contributed by atoms with Gasteiger partial charge in [-0.15, -0.1) is 0 Å². The van der Waals surface area contributed by atoms with Crippen molar-refractivity contribution in [2.75, 3.05) is 25.2 Å². The second-order valence-corrected chi connectivity index (χ2v) is 2.43. The van der Waals surface area contributed by atoms with Gasteiger partial charge in [-0.25, -0.2) is 15.4 Å². The lowest BCUT2D eigenvalue weighted by atomic mass is 10.4. The topological polar surface area (TPSA) is 50.3 Å². The zero-order valence-electron chi connectivity index (χ0n) is 6.82. The smallest absolute Gasteiger partial charge is 0.189 e. The third-order valence-corrected chi connectivity index (χ3v) is 1.76. The second-order valence-electron chi connectivity index (χ2n) is 2.43. The normalized spacial score (nSPS) is 15.2. The van der Waals surface area contributed by atoms with Crippen LogP contribution in [-0.4, -0.2) is 30.2 Å². The van der Waals surface area contributed by atoms with Gasteiger partial charge in [0.2, 0.25) is 0 Å². The Kier molecular flexibility index (Phi) is 1.79. The highest BCUT2D eigenvalue weighted by atomic mass is 16.5. The molecule has 0 aromatic carbocycles. The predicted octanol–water partition coefficient (Wildman–Crippen LogP) is -0.190. The first kappa shape index (κ1) is 7.30. The summed E-state index contributed by atoms with van der Waals surface area (Å²) >= 11 is 0. The van der Waals surface area contributed by atoms with Gasteiger partial charge in [0.25, 0.3) is 0 Å². The Morgan fingerprint density at radius 2 is 2.58 bits per heavy atom. The van der Waals surface area contributed by atoms with Crippen LogP contribution < -0.4 is 15.2 Å². The van der Waals surface area contributed by atoms with Gasteiger partial charge >= 0.3 is 0 Å². The van der Waals surface area contributed by atoms with Crippen molar-refractivity contribution in [3.8, 4) is 5.75 Å². The van der Waals surface area contributed by atoms with Crippen molar-refractivity contribution in [1.29, 1.82) is 0 Å². The molecular weight excluding hydrogens is 156 g/mol. The Bertz CT molecular complexity index is 278. The van der Waals surface area contributed by atoms with Gasteiger partial charge < -0.3 is 4.74 Å². The van der Waals surface area contributed by atoms with Crippen LogP contribution in [0.25, 0.3) is 0 Å². The Hall–Kier alpha value is -1.36. The Morgan fingerprint density at radius 1 is 1.67 bits per heavy atom. The van der Waals surface area contributed by atoms with Crippen LogP contribution in [0.4, 0.5) is 5.82 Å². The van der Waals surface area contributed by atoms with Crippen LogP contribution >= 0.6 is 0 Å². The second kappa shape index (κ2) is 2.94. The van der Waals surface area contributed by atoms with Gasteiger partial charge in [0, 0.05) is 7.05 Å². The number of ether oxygens (including phenoxy) is 1. The van der Waals surface area contributed by atoms with E-state index in [1.165, 1.54) is 6.33 Å². The van der Waals surface area contributed by atoms with Gasteiger partial charge in [-0.05, 0) is 0 Å².